The van der Waals surface area contributed by atoms with Gasteiger partial charge in [-0.15, -0.1) is 4.83 Å². The second-order valence-corrected chi connectivity index (χ2v) is 16.2. The van der Waals surface area contributed by atoms with Gasteiger partial charge in [0.1, 0.15) is 24.6 Å². The molecule has 1 aromatic carbocycles. The van der Waals surface area contributed by atoms with E-state index in [4.69, 9.17) is 40.6 Å². The van der Waals surface area contributed by atoms with E-state index in [2.05, 4.69) is 24.9 Å². The molecule has 2 fully saturated rings. The number of imidazole rings is 1. The molecule has 0 radical (unpaired) electrons. The molecule has 3 aromatic rings. The fraction of sp³-hybridized carbons (Fsp3) is 0.586. The number of aliphatic hydroxyl groups is 1. The zero-order valence-corrected chi connectivity index (χ0v) is 30.4. The molecule has 5 N–H and O–H groups in total. The summed E-state index contributed by atoms with van der Waals surface area (Å²) >= 11 is 6.00. The summed E-state index contributed by atoms with van der Waals surface area (Å²) in [6.45, 7) is 0.982. The van der Waals surface area contributed by atoms with Gasteiger partial charge in [-0.3, -0.25) is 18.9 Å². The summed E-state index contributed by atoms with van der Waals surface area (Å²) in [5.74, 6) is -1.09. The first-order valence-electron chi connectivity index (χ1n) is 15.8. The van der Waals surface area contributed by atoms with Crippen molar-refractivity contribution in [1.82, 2.24) is 29.4 Å². The molecule has 0 amide bonds. The summed E-state index contributed by atoms with van der Waals surface area (Å²) in [7, 11) is -4.85. The van der Waals surface area contributed by atoms with E-state index in [9.17, 15) is 22.9 Å². The molecule has 2 aliphatic rings. The molecule has 21 heteroatoms. The number of carbonyl (C=O) groups excluding carboxylic acids is 1. The molecule has 0 bridgehead atoms. The van der Waals surface area contributed by atoms with Crippen LogP contribution >= 0.6 is 19.3 Å². The number of hydrogen-bond acceptors (Lipinski definition) is 15. The third-order valence-electron chi connectivity index (χ3n) is 8.46. The van der Waals surface area contributed by atoms with E-state index < -0.39 is 61.2 Å². The Morgan fingerprint density at radius 2 is 1.94 bits per heavy atom. The maximum Gasteiger partial charge on any atom is 0.459 e. The number of halogens is 1. The van der Waals surface area contributed by atoms with Crippen molar-refractivity contribution in [2.45, 2.75) is 57.1 Å². The van der Waals surface area contributed by atoms with Gasteiger partial charge < -0.3 is 29.6 Å². The van der Waals surface area contributed by atoms with Gasteiger partial charge in [0.05, 0.1) is 38.0 Å². The van der Waals surface area contributed by atoms with Crippen molar-refractivity contribution in [1.29, 1.82) is 0 Å². The van der Waals surface area contributed by atoms with Crippen molar-refractivity contribution in [3.63, 3.8) is 0 Å². The zero-order chi connectivity index (χ0) is 36.2. The fourth-order valence-electron chi connectivity index (χ4n) is 5.97. The van der Waals surface area contributed by atoms with E-state index in [1.165, 1.54) is 42.2 Å². The molecule has 50 heavy (non-hydrogen) atoms. The second kappa shape index (κ2) is 16.0. The summed E-state index contributed by atoms with van der Waals surface area (Å²) in [4.78, 5) is 27.8. The second-order valence-electron chi connectivity index (χ2n) is 12.2. The molecule has 1 aliphatic heterocycles. The number of aromatic nitrogens is 4. The molecule has 1 aliphatic carbocycles. The lowest BCUT2D eigenvalue weighted by atomic mass is 9.87. The minimum absolute atomic E-state index is 0.00151. The quantitative estimate of drug-likeness (QED) is 0.0990. The largest absolute Gasteiger partial charge is 0.464 e. The van der Waals surface area contributed by atoms with Crippen LogP contribution in [0.3, 0.4) is 0 Å². The smallest absolute Gasteiger partial charge is 0.459 e. The molecule has 18 nitrogen and oxygen atoms in total. The Kier molecular flexibility index (Phi) is 12.2. The van der Waals surface area contributed by atoms with Crippen molar-refractivity contribution >= 4 is 58.3 Å². The van der Waals surface area contributed by atoms with Crippen LogP contribution in [0.15, 0.2) is 30.6 Å². The highest BCUT2D eigenvalue weighted by atomic mass is 35.5. The summed E-state index contributed by atoms with van der Waals surface area (Å²) in [6, 6.07) is 6.04. The lowest BCUT2D eigenvalue weighted by molar-refractivity contribution is -0.145. The molecule has 1 saturated heterocycles. The number of nitrogens with zero attached hydrogens (tertiary/aromatic N) is 5. The van der Waals surface area contributed by atoms with Gasteiger partial charge in [-0.05, 0) is 37.1 Å². The van der Waals surface area contributed by atoms with Gasteiger partial charge in [-0.25, -0.2) is 23.1 Å². The summed E-state index contributed by atoms with van der Waals surface area (Å²) in [5.41, 5.74) is 6.37. The zero-order valence-electron chi connectivity index (χ0n) is 28.0. The molecule has 276 valence electrons. The average Bonchev–Trinajstić information content (AvgIpc) is 3.61. The van der Waals surface area contributed by atoms with Crippen LogP contribution in [0.4, 0.5) is 11.8 Å². The minimum atomic E-state index is -4.27. The third kappa shape index (κ3) is 9.40. The molecular formula is C29H42ClN8O10PS. The predicted octanol–water partition coefficient (Wildman–Crippen LogP) is 2.40. The molecule has 2 aromatic heterocycles. The number of anilines is 2. The van der Waals surface area contributed by atoms with E-state index in [0.29, 0.717) is 5.02 Å². The lowest BCUT2D eigenvalue weighted by Crippen LogP contribution is -2.39. The van der Waals surface area contributed by atoms with Gasteiger partial charge in [-0.2, -0.15) is 9.97 Å². The van der Waals surface area contributed by atoms with E-state index in [1.54, 1.807) is 14.0 Å². The highest BCUT2D eigenvalue weighted by Gasteiger charge is 2.44. The van der Waals surface area contributed by atoms with E-state index in [1.807, 2.05) is 0 Å². The maximum atomic E-state index is 14.0. The van der Waals surface area contributed by atoms with Gasteiger partial charge in [0, 0.05) is 31.0 Å². The van der Waals surface area contributed by atoms with Crippen molar-refractivity contribution < 1.29 is 46.1 Å². The van der Waals surface area contributed by atoms with Gasteiger partial charge in [0.15, 0.2) is 17.0 Å². The molecule has 5 unspecified atom stereocenters. The number of fused-ring (bicyclic) bond motifs is 1. The first-order chi connectivity index (χ1) is 23.7. The van der Waals surface area contributed by atoms with Crippen molar-refractivity contribution in [2.75, 3.05) is 50.9 Å². The van der Waals surface area contributed by atoms with Gasteiger partial charge in [-0.1, -0.05) is 31.4 Å². The van der Waals surface area contributed by atoms with Crippen LogP contribution < -0.4 is 25.2 Å². The predicted molar refractivity (Wildman–Crippen MR) is 183 cm³/mol. The number of nitrogens with one attached hydrogen (secondary N) is 2. The number of ether oxygens (including phenoxy) is 3. The fourth-order valence-corrected chi connectivity index (χ4v) is 7.96. The number of nitrogen functional groups attached to an aromatic ring is 1. The van der Waals surface area contributed by atoms with Crippen molar-refractivity contribution in [2.24, 2.45) is 11.8 Å². The monoisotopic (exact) mass is 760 g/mol. The number of carbonyl (C=O) groups is 1. The minimum Gasteiger partial charge on any atom is -0.464 e. The standard InChI is InChI=1S/C29H42ClN8O10PS/c1-17-25(40)22(47-28(17)38-16-32-24-26(34-29(31)35-27(24)38)37(2)36-50(4,42)43)15-46-49(41,48-20-11-9-19(30)10-12-20)33-13-23(39)45-14-18-7-5-6-8-21(18)44-3/h9-12,16-18,21-22,25,28,36,40H,5-8,13-15H2,1-4H3,(H,33,41)(H2,31,34,35)/t17?,18?,21-,22?,25+,28?,49?/m1/s1. The van der Waals surface area contributed by atoms with E-state index >= 15 is 0 Å². The van der Waals surface area contributed by atoms with E-state index in [0.717, 1.165) is 36.9 Å². The highest BCUT2D eigenvalue weighted by molar-refractivity contribution is 7.88. The SMILES string of the molecule is CO[C@@H]1CCCCC1COC(=O)CNP(=O)(OCC1OC(n2cnc3c(N(C)NS(C)(=O)=O)nc(N)nc32)C(C)[C@@H]1O)Oc1ccc(Cl)cc1. The van der Waals surface area contributed by atoms with Gasteiger partial charge >= 0.3 is 13.7 Å². The van der Waals surface area contributed by atoms with Crippen LogP contribution in [-0.4, -0.2) is 97.5 Å². The van der Waals surface area contributed by atoms with Crippen LogP contribution in [0.1, 0.15) is 38.8 Å². The summed E-state index contributed by atoms with van der Waals surface area (Å²) < 4.78 is 67.8. The lowest BCUT2D eigenvalue weighted by Gasteiger charge is -2.29. The third-order valence-corrected chi connectivity index (χ3v) is 10.8. The Hall–Kier alpha value is -3.13. The number of methoxy groups -OCH3 is 1. The van der Waals surface area contributed by atoms with Crippen LogP contribution in [0.25, 0.3) is 11.2 Å². The number of hydrogen-bond donors (Lipinski definition) is 4. The Balaban J connectivity index is 1.28. The highest BCUT2D eigenvalue weighted by Crippen LogP contribution is 2.46. The van der Waals surface area contributed by atoms with E-state index in [-0.39, 0.29) is 47.3 Å². The number of esters is 1. The summed E-state index contributed by atoms with van der Waals surface area (Å²) in [5, 5.41) is 15.3. The number of benzene rings is 1. The average molecular weight is 761 g/mol. The van der Waals surface area contributed by atoms with Crippen LogP contribution in [0, 0.1) is 11.8 Å². The molecule has 0 spiro atoms. The van der Waals surface area contributed by atoms with Crippen molar-refractivity contribution in [3.8, 4) is 5.75 Å². The number of sulfonamides is 1. The van der Waals surface area contributed by atoms with Crippen molar-refractivity contribution in [3.05, 3.63) is 35.6 Å². The van der Waals surface area contributed by atoms with Crippen LogP contribution in [0.2, 0.25) is 5.02 Å². The molecule has 3 heterocycles. The van der Waals surface area contributed by atoms with Crippen LogP contribution in [-0.2, 0) is 38.1 Å². The van der Waals surface area contributed by atoms with Crippen LogP contribution in [0.5, 0.6) is 5.75 Å². The first-order valence-corrected chi connectivity index (χ1v) is 19.7. The molecule has 1 saturated carbocycles. The Morgan fingerprint density at radius 3 is 2.64 bits per heavy atom. The molecule has 7 atom stereocenters. The summed E-state index contributed by atoms with van der Waals surface area (Å²) in [6.07, 6.45) is 3.23. The number of rotatable bonds is 15. The number of hydrazine groups is 1. The topological polar surface area (TPSA) is 232 Å². The Morgan fingerprint density at radius 1 is 1.22 bits per heavy atom. The molecule has 5 rings (SSSR count). The Bertz CT molecular complexity index is 1800. The molecular weight excluding hydrogens is 719 g/mol. The first kappa shape index (κ1) is 38.1. The van der Waals surface area contributed by atoms with Gasteiger partial charge in [0.2, 0.25) is 16.0 Å². The normalized spacial score (nSPS) is 25.3. The number of nitrogens with two attached hydrogens (primary N) is 1. The number of aliphatic hydroxyl groups excluding tert-OH is 1. The van der Waals surface area contributed by atoms with Gasteiger partial charge in [0.25, 0.3) is 0 Å². The Labute approximate surface area is 294 Å². The maximum absolute atomic E-state index is 14.0.